The van der Waals surface area contributed by atoms with Gasteiger partial charge in [-0.1, -0.05) is 0 Å². The molecule has 0 aromatic heterocycles. The first-order valence-electron chi connectivity index (χ1n) is 1.92. The maximum Gasteiger partial charge on any atom is 0 e. The molecule has 0 saturated heterocycles. The molecule has 0 saturated carbocycles. The van der Waals surface area contributed by atoms with E-state index in [9.17, 15) is 9.13 Å². The van der Waals surface area contributed by atoms with Crippen molar-refractivity contribution in [2.45, 2.75) is 0 Å². The van der Waals surface area contributed by atoms with Crippen LogP contribution in [0.5, 0.6) is 0 Å². The quantitative estimate of drug-likeness (QED) is 0.388. The molecule has 0 aromatic carbocycles. The molecule has 79 valence electrons. The Morgan fingerprint density at radius 3 is 1.43 bits per heavy atom. The van der Waals surface area contributed by atoms with Gasteiger partial charge in [-0.3, -0.25) is 0 Å². The SMILES string of the molecule is BOP(=O)(O)OP(=O)(O)O.[Fe].[LiH].[LiH].[Mn]. The van der Waals surface area contributed by atoms with Crippen molar-refractivity contribution in [1.82, 2.24) is 0 Å². The fraction of sp³-hybridized carbons (Fsp3) is 0. The van der Waals surface area contributed by atoms with Crippen LogP contribution in [0, 0.1) is 0 Å². The van der Waals surface area contributed by atoms with Crippen molar-refractivity contribution < 1.29 is 66.7 Å². The summed E-state index contributed by atoms with van der Waals surface area (Å²) in [7, 11) is -8.71. The third kappa shape index (κ3) is 20.0. The van der Waals surface area contributed by atoms with Crippen LogP contribution in [0.1, 0.15) is 0 Å². The molecule has 0 aliphatic carbocycles. The van der Waals surface area contributed by atoms with E-state index in [0.29, 0.717) is 0 Å². The average molecular weight is 316 g/mol. The Morgan fingerprint density at radius 2 is 1.36 bits per heavy atom. The topological polar surface area (TPSA) is 113 Å². The molecule has 3 N–H and O–H groups in total. The van der Waals surface area contributed by atoms with Crippen molar-refractivity contribution in [3.05, 3.63) is 0 Å². The Kier molecular flexibility index (Phi) is 25.8. The molecule has 0 aliphatic rings. The summed E-state index contributed by atoms with van der Waals surface area (Å²) < 4.78 is 27.1. The minimum atomic E-state index is -4.94. The minimum absolute atomic E-state index is 0. The number of hydrogen-bond donors (Lipinski definition) is 3. The second-order valence-electron chi connectivity index (χ2n) is 1.22. The normalized spacial score (nSPS) is 13.1. The van der Waals surface area contributed by atoms with E-state index in [1.54, 1.807) is 0 Å². The Bertz CT molecular complexity index is 208. The van der Waals surface area contributed by atoms with E-state index in [1.807, 2.05) is 0 Å². The van der Waals surface area contributed by atoms with Gasteiger partial charge in [-0.2, -0.15) is 4.31 Å². The van der Waals surface area contributed by atoms with Crippen molar-refractivity contribution in [2.24, 2.45) is 0 Å². The zero-order chi connectivity index (χ0) is 8.41. The summed E-state index contributed by atoms with van der Waals surface area (Å²) in [4.78, 5) is 24.2. The van der Waals surface area contributed by atoms with Gasteiger partial charge in [-0.05, 0) is 0 Å². The largest absolute Gasteiger partial charge is 0 e. The molecule has 0 spiro atoms. The summed E-state index contributed by atoms with van der Waals surface area (Å²) in [5.41, 5.74) is 0. The van der Waals surface area contributed by atoms with Gasteiger partial charge in [-0.25, -0.2) is 9.13 Å². The van der Waals surface area contributed by atoms with E-state index in [0.717, 1.165) is 8.05 Å². The van der Waals surface area contributed by atoms with Crippen LogP contribution in [0.15, 0.2) is 0 Å². The Balaban J connectivity index is -0.0000000675. The molecule has 0 bridgehead atoms. The first kappa shape index (κ1) is 30.0. The molecule has 1 radical (unpaired) electrons. The number of rotatable bonds is 3. The molecular formula is H7BFeLi2MnO7P2. The Hall–Kier alpha value is 2.56. The third-order valence-corrected chi connectivity index (χ3v) is 2.58. The Labute approximate surface area is 127 Å². The molecule has 0 aromatic rings. The fourth-order valence-electron chi connectivity index (χ4n) is 0.168. The van der Waals surface area contributed by atoms with Gasteiger partial charge in [0.25, 0.3) is 8.05 Å². The third-order valence-electron chi connectivity index (χ3n) is 0.440. The summed E-state index contributed by atoms with van der Waals surface area (Å²) >= 11 is 0. The van der Waals surface area contributed by atoms with E-state index in [-0.39, 0.29) is 71.9 Å². The minimum Gasteiger partial charge on any atom is 0 e. The number of hydrogen-bond acceptors (Lipinski definition) is 4. The smallest absolute Gasteiger partial charge is 0 e. The van der Waals surface area contributed by atoms with Crippen LogP contribution in [0.2, 0.25) is 0 Å². The van der Waals surface area contributed by atoms with Crippen LogP contribution in [-0.4, -0.2) is 60.5 Å². The molecule has 0 fully saturated rings. The summed E-state index contributed by atoms with van der Waals surface area (Å²) in [5.74, 6) is 0. The van der Waals surface area contributed by atoms with Gasteiger partial charge in [0.15, 0.2) is 0 Å². The van der Waals surface area contributed by atoms with Crippen LogP contribution in [-0.2, 0) is 52.0 Å². The molecular weight excluding hydrogens is 309 g/mol. The monoisotopic (exact) mass is 317 g/mol. The molecule has 0 rings (SSSR count). The molecule has 7 nitrogen and oxygen atoms in total. The van der Waals surface area contributed by atoms with Gasteiger partial charge in [-0.15, -0.1) is 0 Å². The summed E-state index contributed by atoms with van der Waals surface area (Å²) in [6.45, 7) is 0. The maximum absolute atomic E-state index is 10.2. The second-order valence-corrected chi connectivity index (χ2v) is 4.16. The first-order valence-corrected chi connectivity index (χ1v) is 4.95. The van der Waals surface area contributed by atoms with E-state index in [4.69, 9.17) is 14.7 Å². The van der Waals surface area contributed by atoms with Crippen LogP contribution in [0.25, 0.3) is 0 Å². The summed E-state index contributed by atoms with van der Waals surface area (Å²) in [6, 6.07) is 0. The molecule has 14 heavy (non-hydrogen) atoms. The van der Waals surface area contributed by atoms with Crippen molar-refractivity contribution in [2.75, 3.05) is 0 Å². The van der Waals surface area contributed by atoms with Crippen molar-refractivity contribution in [3.8, 4) is 0 Å². The standard InChI is InChI=1S/BH5O7P2.Fe.2Li.Mn.2H/c1-7-10(5,6)8-9(2,3)4;;;;;;/h1H2,(H,5,6)(H2,2,3,4);;;;;;. The van der Waals surface area contributed by atoms with Gasteiger partial charge >= 0.3 is 53.4 Å². The first-order chi connectivity index (χ1) is 4.27. The fourth-order valence-corrected chi connectivity index (χ4v) is 1.51. The molecule has 0 aliphatic heterocycles. The maximum atomic E-state index is 10.2. The molecule has 0 amide bonds. The van der Waals surface area contributed by atoms with Crippen LogP contribution in [0.4, 0.5) is 0 Å². The molecule has 1 atom stereocenters. The van der Waals surface area contributed by atoms with E-state index in [1.165, 1.54) is 0 Å². The van der Waals surface area contributed by atoms with Gasteiger partial charge in [0.2, 0.25) is 0 Å². The van der Waals surface area contributed by atoms with Crippen LogP contribution >= 0.6 is 15.6 Å². The van der Waals surface area contributed by atoms with Gasteiger partial charge in [0.05, 0.1) is 0 Å². The van der Waals surface area contributed by atoms with Crippen molar-refractivity contribution in [3.63, 3.8) is 0 Å². The molecule has 14 heteroatoms. The van der Waals surface area contributed by atoms with Crippen LogP contribution in [0.3, 0.4) is 0 Å². The van der Waals surface area contributed by atoms with E-state index in [2.05, 4.69) is 8.75 Å². The van der Waals surface area contributed by atoms with Gasteiger partial charge in [0.1, 0.15) is 0 Å². The van der Waals surface area contributed by atoms with Crippen LogP contribution < -0.4 is 0 Å². The molecule has 0 heterocycles. The van der Waals surface area contributed by atoms with Crippen molar-refractivity contribution >= 4 is 61.4 Å². The molecule has 1 unspecified atom stereocenters. The average Bonchev–Trinajstić information content (AvgIpc) is 1.60. The predicted molar refractivity (Wildman–Crippen MR) is 46.9 cm³/mol. The zero-order valence-electron chi connectivity index (χ0n) is 5.60. The summed E-state index contributed by atoms with van der Waals surface area (Å²) in [5, 5.41) is 0. The zero-order valence-corrected chi connectivity index (χ0v) is 9.67. The van der Waals surface area contributed by atoms with Gasteiger partial charge < -0.3 is 19.1 Å². The van der Waals surface area contributed by atoms with Gasteiger partial charge in [0, 0.05) is 34.1 Å². The second kappa shape index (κ2) is 12.0. The van der Waals surface area contributed by atoms with Crippen molar-refractivity contribution in [1.29, 1.82) is 0 Å². The Morgan fingerprint density at radius 1 is 1.07 bits per heavy atom. The van der Waals surface area contributed by atoms with E-state index < -0.39 is 15.6 Å². The summed E-state index contributed by atoms with van der Waals surface area (Å²) in [6.07, 6.45) is 0. The van der Waals surface area contributed by atoms with E-state index >= 15 is 0 Å². The predicted octanol–water partition coefficient (Wildman–Crippen LogP) is -2.54. The number of phosphoric acid groups is 2.